The van der Waals surface area contributed by atoms with Crippen LogP contribution >= 0.6 is 0 Å². The molecule has 2 aromatic carbocycles. The van der Waals surface area contributed by atoms with Crippen LogP contribution in [-0.2, 0) is 21.2 Å². The summed E-state index contributed by atoms with van der Waals surface area (Å²) in [7, 11) is -2.08. The van der Waals surface area contributed by atoms with Gasteiger partial charge in [0.15, 0.2) is 0 Å². The molecule has 0 aromatic heterocycles. The van der Waals surface area contributed by atoms with Gasteiger partial charge >= 0.3 is 0 Å². The zero-order chi connectivity index (χ0) is 21.3. The molecule has 30 heavy (non-hydrogen) atoms. The van der Waals surface area contributed by atoms with E-state index in [4.69, 9.17) is 0 Å². The SMILES string of the molecule is CNS(=O)(=O)c1ccc(-c2ccc(C[C@@H](C#N)NC(=O)[C@H]3N[C@@H]4CCC34)cc2)cc1. The van der Waals surface area contributed by atoms with E-state index in [1.807, 2.05) is 24.3 Å². The van der Waals surface area contributed by atoms with Crippen molar-refractivity contribution in [3.8, 4) is 17.2 Å². The fourth-order valence-corrected chi connectivity index (χ4v) is 4.77. The van der Waals surface area contributed by atoms with Crippen LogP contribution in [0.5, 0.6) is 0 Å². The van der Waals surface area contributed by atoms with Gasteiger partial charge in [0.25, 0.3) is 0 Å². The van der Waals surface area contributed by atoms with Crippen molar-refractivity contribution in [3.05, 3.63) is 54.1 Å². The van der Waals surface area contributed by atoms with Crippen molar-refractivity contribution in [1.82, 2.24) is 15.4 Å². The van der Waals surface area contributed by atoms with Crippen molar-refractivity contribution in [2.45, 2.75) is 42.3 Å². The van der Waals surface area contributed by atoms with Gasteiger partial charge in [-0.3, -0.25) is 4.79 Å². The van der Waals surface area contributed by atoms with Crippen molar-refractivity contribution in [2.75, 3.05) is 7.05 Å². The highest BCUT2D eigenvalue weighted by Gasteiger charge is 2.50. The van der Waals surface area contributed by atoms with E-state index >= 15 is 0 Å². The van der Waals surface area contributed by atoms with Crippen LogP contribution in [-0.4, -0.2) is 39.5 Å². The molecular formula is C22H24N4O3S. The summed E-state index contributed by atoms with van der Waals surface area (Å²) in [5.74, 6) is 0.342. The molecule has 2 fully saturated rings. The van der Waals surface area contributed by atoms with E-state index in [0.717, 1.165) is 29.5 Å². The van der Waals surface area contributed by atoms with E-state index in [1.54, 1.807) is 24.3 Å². The van der Waals surface area contributed by atoms with Crippen molar-refractivity contribution >= 4 is 15.9 Å². The highest BCUT2D eigenvalue weighted by Crippen LogP contribution is 2.38. The number of benzene rings is 2. The van der Waals surface area contributed by atoms with Crippen molar-refractivity contribution in [1.29, 1.82) is 5.26 Å². The summed E-state index contributed by atoms with van der Waals surface area (Å²) in [4.78, 5) is 12.6. The lowest BCUT2D eigenvalue weighted by Gasteiger charge is -2.53. The highest BCUT2D eigenvalue weighted by atomic mass is 32.2. The minimum absolute atomic E-state index is 0.0873. The maximum atomic E-state index is 12.4. The molecule has 1 heterocycles. The van der Waals surface area contributed by atoms with Crippen molar-refractivity contribution in [2.24, 2.45) is 5.92 Å². The number of nitrogens with zero attached hydrogens (tertiary/aromatic N) is 1. The first-order valence-electron chi connectivity index (χ1n) is 10.0. The molecule has 1 saturated carbocycles. The molecule has 4 atom stereocenters. The van der Waals surface area contributed by atoms with Crippen LogP contribution in [0, 0.1) is 17.2 Å². The lowest BCUT2D eigenvalue weighted by Crippen LogP contribution is -2.71. The summed E-state index contributed by atoms with van der Waals surface area (Å²) in [6, 6.07) is 16.3. The Hall–Kier alpha value is -2.73. The molecule has 1 unspecified atom stereocenters. The number of piperidine rings is 1. The average Bonchev–Trinajstić information content (AvgIpc) is 2.75. The summed E-state index contributed by atoms with van der Waals surface area (Å²) < 4.78 is 26.0. The normalized spacial score (nSPS) is 23.3. The number of hydrogen-bond acceptors (Lipinski definition) is 5. The monoisotopic (exact) mass is 424 g/mol. The van der Waals surface area contributed by atoms with Gasteiger partial charge in [0, 0.05) is 12.5 Å². The van der Waals surface area contributed by atoms with Gasteiger partial charge in [0.1, 0.15) is 6.04 Å². The first-order chi connectivity index (χ1) is 14.4. The number of carbonyl (C=O) groups is 1. The van der Waals surface area contributed by atoms with Crippen molar-refractivity contribution in [3.63, 3.8) is 0 Å². The third kappa shape index (κ3) is 3.97. The molecule has 1 saturated heterocycles. The number of nitriles is 1. The minimum atomic E-state index is -3.46. The molecule has 1 aliphatic carbocycles. The number of rotatable bonds is 7. The van der Waals surface area contributed by atoms with E-state index in [-0.39, 0.29) is 16.8 Å². The maximum Gasteiger partial charge on any atom is 0.240 e. The van der Waals surface area contributed by atoms with Gasteiger partial charge in [-0.25, -0.2) is 13.1 Å². The Labute approximate surface area is 176 Å². The zero-order valence-corrected chi connectivity index (χ0v) is 17.4. The van der Waals surface area contributed by atoms with Gasteiger partial charge in [-0.15, -0.1) is 0 Å². The molecule has 2 aromatic rings. The second-order valence-corrected chi connectivity index (χ2v) is 9.70. The molecule has 2 aliphatic rings. The van der Waals surface area contributed by atoms with Crippen LogP contribution in [0.1, 0.15) is 18.4 Å². The number of hydrogen-bond donors (Lipinski definition) is 3. The molecule has 4 rings (SSSR count). The van der Waals surface area contributed by atoms with Gasteiger partial charge in [0.05, 0.1) is 17.0 Å². The van der Waals surface area contributed by atoms with E-state index in [1.165, 1.54) is 7.05 Å². The average molecular weight is 425 g/mol. The predicted molar refractivity (Wildman–Crippen MR) is 113 cm³/mol. The van der Waals surface area contributed by atoms with Gasteiger partial charge in [-0.1, -0.05) is 36.4 Å². The zero-order valence-electron chi connectivity index (χ0n) is 16.6. The standard InChI is InChI=1S/C22H24N4O3S/c1-24-30(28,29)18-8-6-16(7-9-18)15-4-2-14(3-5-15)12-17(13-23)25-22(27)21-19-10-11-20(19)26-21/h2-9,17,19-21,24,26H,10-12H2,1H3,(H,25,27)/t17-,19?,20+,21-/m0/s1. The molecule has 156 valence electrons. The number of sulfonamides is 1. The minimum Gasteiger partial charge on any atom is -0.339 e. The maximum absolute atomic E-state index is 12.4. The number of amides is 1. The largest absolute Gasteiger partial charge is 0.339 e. The van der Waals surface area contributed by atoms with Crippen LogP contribution in [0.25, 0.3) is 11.1 Å². The van der Waals surface area contributed by atoms with Crippen LogP contribution in [0.4, 0.5) is 0 Å². The summed E-state index contributed by atoms with van der Waals surface area (Å²) in [6.45, 7) is 0. The van der Waals surface area contributed by atoms with Crippen LogP contribution in [0.15, 0.2) is 53.4 Å². The van der Waals surface area contributed by atoms with Crippen LogP contribution in [0.2, 0.25) is 0 Å². The Morgan fingerprint density at radius 1 is 1.13 bits per heavy atom. The first kappa shape index (κ1) is 20.5. The fourth-order valence-electron chi connectivity index (χ4n) is 4.04. The first-order valence-corrected chi connectivity index (χ1v) is 11.5. The molecule has 0 radical (unpaired) electrons. The third-order valence-electron chi connectivity index (χ3n) is 6.06. The topological polar surface area (TPSA) is 111 Å². The molecule has 7 nitrogen and oxygen atoms in total. The fraction of sp³-hybridized carbons (Fsp3) is 0.364. The summed E-state index contributed by atoms with van der Waals surface area (Å²) in [5, 5.41) is 15.5. The van der Waals surface area contributed by atoms with Crippen LogP contribution < -0.4 is 15.4 Å². The molecule has 8 heteroatoms. The summed E-state index contributed by atoms with van der Waals surface area (Å²) in [6.07, 6.45) is 2.65. The van der Waals surface area contributed by atoms with E-state index in [2.05, 4.69) is 21.4 Å². The molecule has 3 N–H and O–H groups in total. The summed E-state index contributed by atoms with van der Waals surface area (Å²) >= 11 is 0. The van der Waals surface area contributed by atoms with Gasteiger partial charge in [-0.05, 0) is 54.6 Å². The molecule has 0 spiro atoms. The second-order valence-electron chi connectivity index (χ2n) is 7.82. The van der Waals surface area contributed by atoms with E-state index in [9.17, 15) is 18.5 Å². The van der Waals surface area contributed by atoms with Crippen molar-refractivity contribution < 1.29 is 13.2 Å². The Kier molecular flexibility index (Phi) is 5.60. The third-order valence-corrected chi connectivity index (χ3v) is 7.50. The second kappa shape index (κ2) is 8.19. The highest BCUT2D eigenvalue weighted by molar-refractivity contribution is 7.89. The van der Waals surface area contributed by atoms with Gasteiger partial charge in [0.2, 0.25) is 15.9 Å². The Balaban J connectivity index is 1.38. The Morgan fingerprint density at radius 2 is 1.77 bits per heavy atom. The number of fused-ring (bicyclic) bond motifs is 1. The molecule has 0 bridgehead atoms. The van der Waals surface area contributed by atoms with Gasteiger partial charge in [-0.2, -0.15) is 5.26 Å². The predicted octanol–water partition coefficient (Wildman–Crippen LogP) is 1.56. The van der Waals surface area contributed by atoms with E-state index in [0.29, 0.717) is 18.4 Å². The smallest absolute Gasteiger partial charge is 0.240 e. The lowest BCUT2D eigenvalue weighted by molar-refractivity contribution is -0.132. The molecule has 1 amide bonds. The Bertz CT molecular complexity index is 1070. The van der Waals surface area contributed by atoms with E-state index < -0.39 is 16.1 Å². The molecular weight excluding hydrogens is 400 g/mol. The lowest BCUT2D eigenvalue weighted by atomic mass is 9.67. The number of carbonyl (C=O) groups excluding carboxylic acids is 1. The summed E-state index contributed by atoms with van der Waals surface area (Å²) in [5.41, 5.74) is 2.79. The Morgan fingerprint density at radius 3 is 2.23 bits per heavy atom. The van der Waals surface area contributed by atoms with Crippen LogP contribution in [0.3, 0.4) is 0 Å². The quantitative estimate of drug-likeness (QED) is 0.625. The van der Waals surface area contributed by atoms with Gasteiger partial charge < -0.3 is 10.6 Å². The number of nitrogens with one attached hydrogen (secondary N) is 3. The molecule has 1 aliphatic heterocycles.